The first-order valence-electron chi connectivity index (χ1n) is 9.67. The Kier molecular flexibility index (Phi) is 4.87. The molecule has 8 nitrogen and oxygen atoms in total. The first-order valence-corrected chi connectivity index (χ1v) is 9.67. The largest absolute Gasteiger partial charge is 0.573 e. The maximum atomic E-state index is 13.5. The van der Waals surface area contributed by atoms with Crippen molar-refractivity contribution in [2.45, 2.75) is 25.2 Å². The van der Waals surface area contributed by atoms with Gasteiger partial charge >= 0.3 is 12.4 Å². The Morgan fingerprint density at radius 3 is 2.34 bits per heavy atom. The van der Waals surface area contributed by atoms with Crippen molar-refractivity contribution in [1.29, 1.82) is 0 Å². The minimum atomic E-state index is -4.86. The van der Waals surface area contributed by atoms with E-state index in [2.05, 4.69) is 9.72 Å². The third-order valence-corrected chi connectivity index (χ3v) is 5.63. The van der Waals surface area contributed by atoms with E-state index in [4.69, 9.17) is 0 Å². The van der Waals surface area contributed by atoms with Crippen molar-refractivity contribution in [3.05, 3.63) is 48.3 Å². The zero-order chi connectivity index (χ0) is 23.4. The molecule has 1 aromatic carbocycles. The Morgan fingerprint density at radius 2 is 1.81 bits per heavy atom. The summed E-state index contributed by atoms with van der Waals surface area (Å²) in [5.74, 6) is -1.53. The van der Waals surface area contributed by atoms with E-state index in [1.165, 1.54) is 40.4 Å². The van der Waals surface area contributed by atoms with Crippen molar-refractivity contribution >= 4 is 29.2 Å². The van der Waals surface area contributed by atoms with Crippen molar-refractivity contribution in [2.24, 2.45) is 5.92 Å². The zero-order valence-corrected chi connectivity index (χ0v) is 17.4. The summed E-state index contributed by atoms with van der Waals surface area (Å²) in [5, 5.41) is 0. The third-order valence-electron chi connectivity index (χ3n) is 5.63. The van der Waals surface area contributed by atoms with Crippen LogP contribution in [0.2, 0.25) is 0 Å². The van der Waals surface area contributed by atoms with Gasteiger partial charge in [-0.25, -0.2) is 9.69 Å². The topological polar surface area (TPSA) is 83.0 Å². The highest BCUT2D eigenvalue weighted by molar-refractivity contribution is 6.32. The fourth-order valence-electron chi connectivity index (χ4n) is 3.99. The molecule has 0 N–H and O–H groups in total. The lowest BCUT2D eigenvalue weighted by Crippen LogP contribution is -2.40. The van der Waals surface area contributed by atoms with Crippen LogP contribution in [0.25, 0.3) is 0 Å². The molecule has 32 heavy (non-hydrogen) atoms. The molecule has 168 valence electrons. The summed E-state index contributed by atoms with van der Waals surface area (Å²) < 4.78 is 41.2. The highest BCUT2D eigenvalue weighted by Gasteiger charge is 2.71. The molecular formula is C21H19F3N4O4. The lowest BCUT2D eigenvalue weighted by atomic mass is 10.1. The molecule has 1 aromatic heterocycles. The number of carbonyl (C=O) groups is 3. The zero-order valence-electron chi connectivity index (χ0n) is 17.4. The quantitative estimate of drug-likeness (QED) is 0.670. The van der Waals surface area contributed by atoms with Gasteiger partial charge in [-0.3, -0.25) is 19.5 Å². The van der Waals surface area contributed by atoms with Gasteiger partial charge in [0, 0.05) is 26.5 Å². The maximum absolute atomic E-state index is 13.5. The van der Waals surface area contributed by atoms with Crippen molar-refractivity contribution in [1.82, 2.24) is 9.88 Å². The van der Waals surface area contributed by atoms with Crippen LogP contribution in [0.15, 0.2) is 42.7 Å². The molecule has 11 heteroatoms. The van der Waals surface area contributed by atoms with Crippen molar-refractivity contribution in [3.63, 3.8) is 0 Å². The van der Waals surface area contributed by atoms with Crippen molar-refractivity contribution in [2.75, 3.05) is 23.9 Å². The van der Waals surface area contributed by atoms with Gasteiger partial charge < -0.3 is 9.64 Å². The van der Waals surface area contributed by atoms with E-state index in [-0.39, 0.29) is 28.8 Å². The Hall–Kier alpha value is -3.63. The second-order valence-electron chi connectivity index (χ2n) is 7.92. The first kappa shape index (κ1) is 21.6. The molecule has 2 aliphatic rings. The molecule has 2 atom stereocenters. The molecule has 2 unspecified atom stereocenters. The summed E-state index contributed by atoms with van der Waals surface area (Å²) in [7, 11) is 3.12. The van der Waals surface area contributed by atoms with Crippen LogP contribution >= 0.6 is 0 Å². The van der Waals surface area contributed by atoms with Crippen LogP contribution in [-0.2, 0) is 4.79 Å². The van der Waals surface area contributed by atoms with E-state index in [1.54, 1.807) is 14.1 Å². The molecule has 1 aliphatic carbocycles. The lowest BCUT2D eigenvalue weighted by molar-refractivity contribution is -0.274. The summed E-state index contributed by atoms with van der Waals surface area (Å²) in [4.78, 5) is 47.0. The van der Waals surface area contributed by atoms with Gasteiger partial charge in [0.15, 0.2) is 0 Å². The number of hydrogen-bond donors (Lipinski definition) is 0. The minimum absolute atomic E-state index is 0.102. The normalized spacial score (nSPS) is 22.5. The van der Waals surface area contributed by atoms with Gasteiger partial charge in [-0.15, -0.1) is 13.2 Å². The summed E-state index contributed by atoms with van der Waals surface area (Å²) >= 11 is 0. The van der Waals surface area contributed by atoms with E-state index >= 15 is 0 Å². The number of pyridine rings is 1. The lowest BCUT2D eigenvalue weighted by Gasteiger charge is -2.25. The first-order chi connectivity index (χ1) is 15.0. The van der Waals surface area contributed by atoms with Gasteiger partial charge in [0.1, 0.15) is 11.3 Å². The van der Waals surface area contributed by atoms with Crippen LogP contribution in [0.3, 0.4) is 0 Å². The summed E-state index contributed by atoms with van der Waals surface area (Å²) in [5.41, 5.74) is -0.653. The predicted octanol–water partition coefficient (Wildman–Crippen LogP) is 3.43. The molecule has 0 bridgehead atoms. The standard InChI is InChI=1S/C21H19F3N4O4/c1-12-10-20(12)18(30)27(13-4-6-14(7-5-13)32-21(22,23)24)19(31)28(20)16-8-9-25-11-15(16)17(29)26(2)3/h4-9,11-12H,10H2,1-3H3. The number of hydrogen-bond acceptors (Lipinski definition) is 5. The van der Waals surface area contributed by atoms with Gasteiger partial charge in [-0.1, -0.05) is 6.92 Å². The summed E-state index contributed by atoms with van der Waals surface area (Å²) in [6.45, 7) is 1.82. The fourth-order valence-corrected chi connectivity index (χ4v) is 3.99. The van der Waals surface area contributed by atoms with Gasteiger partial charge in [-0.05, 0) is 42.7 Å². The maximum Gasteiger partial charge on any atom is 0.573 e. The van der Waals surface area contributed by atoms with Crippen LogP contribution in [0, 0.1) is 5.92 Å². The van der Waals surface area contributed by atoms with Crippen molar-refractivity contribution in [3.8, 4) is 5.75 Å². The summed E-state index contributed by atoms with van der Waals surface area (Å²) in [6, 6.07) is 5.28. The van der Waals surface area contributed by atoms with Crippen LogP contribution < -0.4 is 14.5 Å². The van der Waals surface area contributed by atoms with Gasteiger partial charge in [-0.2, -0.15) is 0 Å². The van der Waals surface area contributed by atoms with E-state index in [1.807, 2.05) is 6.92 Å². The molecule has 1 saturated heterocycles. The third kappa shape index (κ3) is 3.33. The Labute approximate surface area is 181 Å². The van der Waals surface area contributed by atoms with E-state index in [0.717, 1.165) is 17.0 Å². The summed E-state index contributed by atoms with van der Waals surface area (Å²) in [6.07, 6.45) is -1.71. The molecule has 1 spiro atoms. The molecule has 2 aromatic rings. The number of rotatable bonds is 4. The van der Waals surface area contributed by atoms with Gasteiger partial charge in [0.25, 0.3) is 11.8 Å². The highest BCUT2D eigenvalue weighted by atomic mass is 19.4. The smallest absolute Gasteiger partial charge is 0.406 e. The number of nitrogens with zero attached hydrogens (tertiary/aromatic N) is 4. The molecule has 1 saturated carbocycles. The molecule has 0 radical (unpaired) electrons. The number of carbonyl (C=O) groups excluding carboxylic acids is 3. The molecule has 1 aliphatic heterocycles. The number of aromatic nitrogens is 1. The number of amides is 4. The van der Waals surface area contributed by atoms with Crippen molar-refractivity contribution < 1.29 is 32.3 Å². The number of imide groups is 1. The predicted molar refractivity (Wildman–Crippen MR) is 107 cm³/mol. The molecule has 4 amide bonds. The molecule has 2 heterocycles. The van der Waals surface area contributed by atoms with Gasteiger partial charge in [0.2, 0.25) is 0 Å². The monoisotopic (exact) mass is 448 g/mol. The Bertz CT molecular complexity index is 1100. The van der Waals surface area contributed by atoms with E-state index in [9.17, 15) is 27.6 Å². The number of benzene rings is 1. The number of ether oxygens (including phenoxy) is 1. The number of alkyl halides is 3. The second kappa shape index (κ2) is 7.21. The van der Waals surface area contributed by atoms with E-state index in [0.29, 0.717) is 6.42 Å². The molecular weight excluding hydrogens is 429 g/mol. The number of urea groups is 1. The molecule has 4 rings (SSSR count). The Morgan fingerprint density at radius 1 is 1.19 bits per heavy atom. The average Bonchev–Trinajstić information content (AvgIpc) is 3.33. The SMILES string of the molecule is CC1CC12C(=O)N(c1ccc(OC(F)(F)F)cc1)C(=O)N2c1ccncc1C(=O)N(C)C. The second-order valence-corrected chi connectivity index (χ2v) is 7.92. The van der Waals surface area contributed by atoms with E-state index < -0.39 is 29.6 Å². The number of anilines is 2. The van der Waals surface area contributed by atoms with Crippen LogP contribution in [0.5, 0.6) is 5.75 Å². The molecule has 2 fully saturated rings. The Balaban J connectivity index is 1.74. The van der Waals surface area contributed by atoms with Crippen LogP contribution in [-0.4, -0.2) is 53.7 Å². The fraction of sp³-hybridized carbons (Fsp3) is 0.333. The minimum Gasteiger partial charge on any atom is -0.406 e. The number of halogens is 3. The van der Waals surface area contributed by atoms with Crippen LogP contribution in [0.1, 0.15) is 23.7 Å². The highest BCUT2D eigenvalue weighted by Crippen LogP contribution is 2.56. The van der Waals surface area contributed by atoms with Crippen LogP contribution in [0.4, 0.5) is 29.3 Å². The average molecular weight is 448 g/mol. The van der Waals surface area contributed by atoms with Gasteiger partial charge in [0.05, 0.1) is 16.9 Å².